The Morgan fingerprint density at radius 2 is 2.06 bits per heavy atom. The largest absolute Gasteiger partial charge is 0.455 e. The van der Waals surface area contributed by atoms with Gasteiger partial charge in [0.1, 0.15) is 5.60 Å². The van der Waals surface area contributed by atoms with Crippen LogP contribution in [0.2, 0.25) is 0 Å². The molecule has 0 heterocycles. The van der Waals surface area contributed by atoms with Gasteiger partial charge in [-0.15, -0.1) is 0 Å². The van der Waals surface area contributed by atoms with Gasteiger partial charge in [0, 0.05) is 6.92 Å². The van der Waals surface area contributed by atoms with Gasteiger partial charge in [-0.2, -0.15) is 0 Å². The maximum absolute atomic E-state index is 10.9. The Bertz CT molecular complexity index is 432. The summed E-state index contributed by atoms with van der Waals surface area (Å²) in [5, 5.41) is 10.2. The number of aliphatic hydroxyl groups is 1. The van der Waals surface area contributed by atoms with E-state index >= 15 is 0 Å². The topological polar surface area (TPSA) is 46.5 Å². The number of hydrogen-bond donors (Lipinski definition) is 1. The molecule has 0 aliphatic rings. The van der Waals surface area contributed by atoms with E-state index in [2.05, 4.69) is 6.58 Å². The fraction of sp³-hybridized carbons (Fsp3) is 0.267. The van der Waals surface area contributed by atoms with Gasteiger partial charge in [0.05, 0.1) is 0 Å². The molecular formula is C15H18O3. The molecule has 18 heavy (non-hydrogen) atoms. The van der Waals surface area contributed by atoms with Gasteiger partial charge in [0.15, 0.2) is 6.10 Å². The monoisotopic (exact) mass is 246 g/mol. The Morgan fingerprint density at radius 1 is 1.44 bits per heavy atom. The highest BCUT2D eigenvalue weighted by Crippen LogP contribution is 2.18. The number of rotatable bonds is 5. The molecule has 0 aliphatic carbocycles. The molecule has 0 saturated carbocycles. The first-order chi connectivity index (χ1) is 8.45. The maximum Gasteiger partial charge on any atom is 0.303 e. The summed E-state index contributed by atoms with van der Waals surface area (Å²) in [6.45, 7) is 6.43. The van der Waals surface area contributed by atoms with Crippen LogP contribution < -0.4 is 0 Å². The van der Waals surface area contributed by atoms with E-state index in [1.165, 1.54) is 13.0 Å². The molecule has 0 aromatic heterocycles. The molecule has 0 unspecified atom stereocenters. The third kappa shape index (κ3) is 4.18. The molecule has 0 amide bonds. The lowest BCUT2D eigenvalue weighted by atomic mass is 9.97. The predicted octanol–water partition coefficient (Wildman–Crippen LogP) is 2.57. The molecular weight excluding hydrogens is 228 g/mol. The molecule has 3 nitrogen and oxygen atoms in total. The molecule has 3 heteroatoms. The second-order valence-corrected chi connectivity index (χ2v) is 4.24. The average molecular weight is 246 g/mol. The Morgan fingerprint density at radius 3 is 2.56 bits per heavy atom. The van der Waals surface area contributed by atoms with Crippen LogP contribution in [0.15, 0.2) is 49.1 Å². The summed E-state index contributed by atoms with van der Waals surface area (Å²) >= 11 is 0. The molecule has 0 bridgehead atoms. The lowest BCUT2D eigenvalue weighted by molar-refractivity contribution is -0.152. The normalized spacial score (nSPS) is 15.9. The Kier molecular flexibility index (Phi) is 4.86. The highest BCUT2D eigenvalue weighted by Gasteiger charge is 2.29. The molecule has 0 fully saturated rings. The van der Waals surface area contributed by atoms with Crippen LogP contribution in [0.5, 0.6) is 0 Å². The van der Waals surface area contributed by atoms with E-state index in [9.17, 15) is 9.90 Å². The van der Waals surface area contributed by atoms with E-state index < -0.39 is 17.7 Å². The molecule has 1 rings (SSSR count). The minimum atomic E-state index is -1.29. The molecule has 2 atom stereocenters. The maximum atomic E-state index is 10.9. The standard InChI is InChI=1S/C15H18O3/c1-4-14(18-12(2)16)15(3,17)11-10-13-8-6-5-7-9-13/h4-11,14,17H,1H2,2-3H3/b11-10+/t14-,15+/m1/s1. The summed E-state index contributed by atoms with van der Waals surface area (Å²) in [5.74, 6) is -0.451. The first-order valence-electron chi connectivity index (χ1n) is 5.72. The second-order valence-electron chi connectivity index (χ2n) is 4.24. The first-order valence-corrected chi connectivity index (χ1v) is 5.72. The molecule has 96 valence electrons. The van der Waals surface area contributed by atoms with Crippen LogP contribution in [0.3, 0.4) is 0 Å². The molecule has 1 N–H and O–H groups in total. The molecule has 0 radical (unpaired) electrons. The number of hydrogen-bond acceptors (Lipinski definition) is 3. The van der Waals surface area contributed by atoms with Gasteiger partial charge < -0.3 is 9.84 Å². The Labute approximate surface area is 107 Å². The smallest absolute Gasteiger partial charge is 0.303 e. The average Bonchev–Trinajstić information content (AvgIpc) is 2.34. The highest BCUT2D eigenvalue weighted by molar-refractivity contribution is 5.66. The highest BCUT2D eigenvalue weighted by atomic mass is 16.6. The Balaban J connectivity index is 2.82. The van der Waals surface area contributed by atoms with E-state index in [-0.39, 0.29) is 0 Å². The molecule has 0 saturated heterocycles. The van der Waals surface area contributed by atoms with E-state index in [0.717, 1.165) is 5.56 Å². The van der Waals surface area contributed by atoms with Crippen molar-refractivity contribution in [2.24, 2.45) is 0 Å². The summed E-state index contributed by atoms with van der Waals surface area (Å²) in [5.41, 5.74) is -0.327. The number of carbonyl (C=O) groups is 1. The van der Waals surface area contributed by atoms with Crippen LogP contribution in [-0.4, -0.2) is 22.8 Å². The van der Waals surface area contributed by atoms with E-state index in [0.29, 0.717) is 0 Å². The van der Waals surface area contributed by atoms with Gasteiger partial charge in [0.2, 0.25) is 0 Å². The van der Waals surface area contributed by atoms with Crippen LogP contribution in [0, 0.1) is 0 Å². The number of carbonyl (C=O) groups excluding carboxylic acids is 1. The zero-order chi connectivity index (χ0) is 13.6. The molecule has 0 aliphatic heterocycles. The zero-order valence-corrected chi connectivity index (χ0v) is 10.7. The first kappa shape index (κ1) is 14.2. The van der Waals surface area contributed by atoms with Gasteiger partial charge in [0.25, 0.3) is 0 Å². The van der Waals surface area contributed by atoms with E-state index in [1.807, 2.05) is 30.3 Å². The van der Waals surface area contributed by atoms with Crippen molar-refractivity contribution in [1.82, 2.24) is 0 Å². The second kappa shape index (κ2) is 6.17. The third-order valence-corrected chi connectivity index (χ3v) is 2.50. The lowest BCUT2D eigenvalue weighted by Crippen LogP contribution is -2.38. The van der Waals surface area contributed by atoms with E-state index in [1.54, 1.807) is 19.1 Å². The summed E-state index contributed by atoms with van der Waals surface area (Å²) in [7, 11) is 0. The fourth-order valence-electron chi connectivity index (χ4n) is 1.51. The van der Waals surface area contributed by atoms with Crippen LogP contribution >= 0.6 is 0 Å². The lowest BCUT2D eigenvalue weighted by Gasteiger charge is -2.27. The van der Waals surface area contributed by atoms with Crippen molar-refractivity contribution >= 4 is 12.0 Å². The van der Waals surface area contributed by atoms with Crippen molar-refractivity contribution in [3.8, 4) is 0 Å². The van der Waals surface area contributed by atoms with Crippen molar-refractivity contribution in [2.75, 3.05) is 0 Å². The minimum absolute atomic E-state index is 0.451. The van der Waals surface area contributed by atoms with Crippen LogP contribution in [0.4, 0.5) is 0 Å². The van der Waals surface area contributed by atoms with Crippen LogP contribution in [0.1, 0.15) is 19.4 Å². The predicted molar refractivity (Wildman–Crippen MR) is 71.9 cm³/mol. The van der Waals surface area contributed by atoms with Crippen molar-refractivity contribution in [3.05, 3.63) is 54.6 Å². The van der Waals surface area contributed by atoms with Crippen molar-refractivity contribution in [3.63, 3.8) is 0 Å². The summed E-state index contributed by atoms with van der Waals surface area (Å²) in [6.07, 6.45) is 4.02. The number of ether oxygens (including phenoxy) is 1. The molecule has 0 spiro atoms. The zero-order valence-electron chi connectivity index (χ0n) is 10.7. The SMILES string of the molecule is C=C[C@@H](OC(C)=O)[C@@](C)(O)/C=C/c1ccccc1. The Hall–Kier alpha value is -1.87. The fourth-order valence-corrected chi connectivity index (χ4v) is 1.51. The van der Waals surface area contributed by atoms with Crippen molar-refractivity contribution in [2.45, 2.75) is 25.6 Å². The van der Waals surface area contributed by atoms with Crippen molar-refractivity contribution in [1.29, 1.82) is 0 Å². The number of esters is 1. The number of benzene rings is 1. The molecule has 1 aromatic rings. The third-order valence-electron chi connectivity index (χ3n) is 2.50. The summed E-state index contributed by atoms with van der Waals surface area (Å²) in [6, 6.07) is 9.57. The van der Waals surface area contributed by atoms with Crippen molar-refractivity contribution < 1.29 is 14.6 Å². The van der Waals surface area contributed by atoms with Gasteiger partial charge in [-0.3, -0.25) is 4.79 Å². The molecule has 1 aromatic carbocycles. The van der Waals surface area contributed by atoms with Gasteiger partial charge >= 0.3 is 5.97 Å². The van der Waals surface area contributed by atoms with Crippen LogP contribution in [0.25, 0.3) is 6.08 Å². The summed E-state index contributed by atoms with van der Waals surface area (Å²) < 4.78 is 4.99. The minimum Gasteiger partial charge on any atom is -0.455 e. The van der Waals surface area contributed by atoms with Gasteiger partial charge in [-0.05, 0) is 24.6 Å². The van der Waals surface area contributed by atoms with E-state index in [4.69, 9.17) is 4.74 Å². The van der Waals surface area contributed by atoms with Crippen LogP contribution in [-0.2, 0) is 9.53 Å². The summed E-state index contributed by atoms with van der Waals surface area (Å²) in [4.78, 5) is 10.9. The van der Waals surface area contributed by atoms with Gasteiger partial charge in [-0.25, -0.2) is 0 Å². The quantitative estimate of drug-likeness (QED) is 0.641. The van der Waals surface area contributed by atoms with Gasteiger partial charge in [-0.1, -0.05) is 43.0 Å².